The molecule has 0 aliphatic heterocycles. The Kier molecular flexibility index (Phi) is 13.6. The van der Waals surface area contributed by atoms with Crippen LogP contribution < -0.4 is 0 Å². The first-order valence-electron chi connectivity index (χ1n) is 33.9. The largest absolute Gasteiger partial charge is 0.452 e. The maximum atomic E-state index is 6.53. The number of fused-ring (bicyclic) bond motifs is 18. The van der Waals surface area contributed by atoms with E-state index in [1.165, 1.54) is 114 Å². The number of furan rings is 2. The fourth-order valence-corrected chi connectivity index (χ4v) is 20.1. The topological polar surface area (TPSA) is 77.8 Å². The SMILES string of the molecule is c1cc(-c2ccc3oc4c(-c5cccc(-c6cccc7c6sc6ccccc67)c5)ncnc4c3c2)cc(-c2cccc3c2sc2ccccc23)c1.c1cc(-c2ccc3oc4nc(-c5cccc(-c6cccc7c6sc6ccccc67)c5)cnc4c3c2)cc(-c2cccc3c2sc2ccccc23)c1. The average Bonchev–Trinajstić information content (AvgIpc) is 1.67. The van der Waals surface area contributed by atoms with Gasteiger partial charge in [-0.15, -0.1) is 45.3 Å². The van der Waals surface area contributed by atoms with Crippen molar-refractivity contribution < 1.29 is 8.83 Å². The van der Waals surface area contributed by atoms with Crippen molar-refractivity contribution in [1.82, 2.24) is 19.9 Å². The van der Waals surface area contributed by atoms with E-state index in [0.717, 1.165) is 88.9 Å². The first-order valence-corrected chi connectivity index (χ1v) is 37.2. The molecular formula is C92H52N4O2S4. The molecular weight excluding hydrogens is 1320 g/mol. The van der Waals surface area contributed by atoms with Crippen LogP contribution in [-0.2, 0) is 0 Å². The minimum absolute atomic E-state index is 0.543. The summed E-state index contributed by atoms with van der Waals surface area (Å²) in [6, 6.07) is 109. The van der Waals surface area contributed by atoms with Crippen LogP contribution in [0.25, 0.3) is 214 Å². The van der Waals surface area contributed by atoms with E-state index in [4.69, 9.17) is 28.8 Å². The van der Waals surface area contributed by atoms with Gasteiger partial charge in [0.25, 0.3) is 0 Å². The number of benzene rings is 14. The third-order valence-corrected chi connectivity index (χ3v) is 24.9. The fraction of sp³-hybridized carbons (Fsp3) is 0. The van der Waals surface area contributed by atoms with E-state index in [-0.39, 0.29) is 0 Å². The maximum absolute atomic E-state index is 6.53. The molecule has 476 valence electrons. The summed E-state index contributed by atoms with van der Waals surface area (Å²) in [5, 5.41) is 12.4. The Morgan fingerprint density at radius 3 is 1.06 bits per heavy atom. The van der Waals surface area contributed by atoms with Crippen LogP contribution in [-0.4, -0.2) is 19.9 Å². The lowest BCUT2D eigenvalue weighted by Crippen LogP contribution is -1.88. The Morgan fingerprint density at radius 1 is 0.245 bits per heavy atom. The van der Waals surface area contributed by atoms with E-state index in [1.807, 2.05) is 57.6 Å². The van der Waals surface area contributed by atoms with Gasteiger partial charge in [0, 0.05) is 103 Å². The van der Waals surface area contributed by atoms with E-state index in [2.05, 4.69) is 297 Å². The van der Waals surface area contributed by atoms with E-state index >= 15 is 0 Å². The summed E-state index contributed by atoms with van der Waals surface area (Å²) in [6.45, 7) is 0. The van der Waals surface area contributed by atoms with Crippen LogP contribution in [0.2, 0.25) is 0 Å². The number of thiophene rings is 4. The molecule has 0 radical (unpaired) electrons. The van der Waals surface area contributed by atoms with Gasteiger partial charge in [0.15, 0.2) is 5.58 Å². The Hall–Kier alpha value is -12.3. The lowest BCUT2D eigenvalue weighted by molar-refractivity contribution is 0.653. The highest BCUT2D eigenvalue weighted by atomic mass is 32.1. The van der Waals surface area contributed by atoms with E-state index in [1.54, 1.807) is 6.33 Å². The Morgan fingerprint density at radius 2 is 0.598 bits per heavy atom. The van der Waals surface area contributed by atoms with Gasteiger partial charge >= 0.3 is 0 Å². The third-order valence-electron chi connectivity index (χ3n) is 20.0. The highest BCUT2D eigenvalue weighted by molar-refractivity contribution is 7.27. The van der Waals surface area contributed by atoms with Gasteiger partial charge in [-0.1, -0.05) is 231 Å². The second kappa shape index (κ2) is 23.7. The standard InChI is InChI=1S/2C46H26N2OS2/c1-3-19-41-34(13-1)36-17-7-15-32(44(36)50-41)29-10-5-9-27(23-29)28-21-22-40-38(25-28)43-46(49-40)48-39(26-47-43)31-12-6-11-30(24-31)33-16-8-18-37-35-14-2-4-20-42(35)51-45(33)37;1-3-19-40-34(13-1)36-17-7-15-32(45(36)50-40)29-10-5-9-27(23-29)28-21-22-39-38(25-28)43-44(49-39)42(47-26-48-43)31-12-6-11-30(24-31)33-16-8-18-37-35-14-2-4-20-41(35)51-46(33)37/h2*1-26H. The van der Waals surface area contributed by atoms with Crippen molar-refractivity contribution in [3.05, 3.63) is 316 Å². The molecule has 10 heteroatoms. The minimum Gasteiger partial charge on any atom is -0.452 e. The molecule has 0 fully saturated rings. The average molecular weight is 1370 g/mol. The summed E-state index contributed by atoms with van der Waals surface area (Å²) < 4.78 is 23.3. The molecule has 0 aliphatic carbocycles. The van der Waals surface area contributed by atoms with Gasteiger partial charge < -0.3 is 8.83 Å². The number of hydrogen-bond acceptors (Lipinski definition) is 10. The molecule has 0 saturated carbocycles. The van der Waals surface area contributed by atoms with Gasteiger partial charge in [0.1, 0.15) is 34.2 Å². The summed E-state index contributed by atoms with van der Waals surface area (Å²) in [5.41, 5.74) is 22.2. The molecule has 0 atom stereocenters. The predicted octanol–water partition coefficient (Wildman–Crippen LogP) is 27.6. The molecule has 8 aromatic heterocycles. The molecule has 0 unspecified atom stereocenters. The van der Waals surface area contributed by atoms with Crippen molar-refractivity contribution in [2.45, 2.75) is 0 Å². The molecule has 8 heterocycles. The molecule has 0 N–H and O–H groups in total. The first kappa shape index (κ1) is 58.7. The van der Waals surface area contributed by atoms with Crippen molar-refractivity contribution >= 4 is 170 Å². The van der Waals surface area contributed by atoms with Crippen LogP contribution in [0.3, 0.4) is 0 Å². The van der Waals surface area contributed by atoms with Crippen molar-refractivity contribution in [1.29, 1.82) is 0 Å². The lowest BCUT2D eigenvalue weighted by atomic mass is 9.97. The predicted molar refractivity (Wildman–Crippen MR) is 434 cm³/mol. The normalized spacial score (nSPS) is 11.9. The minimum atomic E-state index is 0.543. The highest BCUT2D eigenvalue weighted by Crippen LogP contribution is 2.47. The molecule has 22 aromatic rings. The second-order valence-electron chi connectivity index (χ2n) is 25.9. The van der Waals surface area contributed by atoms with Crippen LogP contribution >= 0.6 is 45.3 Å². The van der Waals surface area contributed by atoms with Gasteiger partial charge in [0.2, 0.25) is 5.71 Å². The summed E-state index contributed by atoms with van der Waals surface area (Å²) in [6.07, 6.45) is 3.53. The number of nitrogens with zero attached hydrogens (tertiary/aromatic N) is 4. The van der Waals surface area contributed by atoms with Gasteiger partial charge in [-0.05, 0) is 140 Å². The van der Waals surface area contributed by atoms with Crippen molar-refractivity contribution in [2.75, 3.05) is 0 Å². The van der Waals surface area contributed by atoms with Crippen LogP contribution in [0.15, 0.2) is 325 Å². The van der Waals surface area contributed by atoms with Crippen molar-refractivity contribution in [3.63, 3.8) is 0 Å². The van der Waals surface area contributed by atoms with Crippen LogP contribution in [0.1, 0.15) is 0 Å². The molecule has 0 amide bonds. The maximum Gasteiger partial charge on any atom is 0.246 e. The summed E-state index contributed by atoms with van der Waals surface area (Å²) in [4.78, 5) is 19.4. The molecule has 0 bridgehead atoms. The second-order valence-corrected chi connectivity index (χ2v) is 30.1. The van der Waals surface area contributed by atoms with Gasteiger partial charge in [-0.2, -0.15) is 0 Å². The zero-order valence-corrected chi connectivity index (χ0v) is 57.5. The van der Waals surface area contributed by atoms with Crippen molar-refractivity contribution in [2.24, 2.45) is 0 Å². The summed E-state index contributed by atoms with van der Waals surface area (Å²) >= 11 is 7.42. The van der Waals surface area contributed by atoms with Crippen molar-refractivity contribution in [3.8, 4) is 89.3 Å². The third kappa shape index (κ3) is 9.70. The Balaban J connectivity index is 0.000000133. The molecule has 0 aliphatic rings. The van der Waals surface area contributed by atoms with E-state index in [9.17, 15) is 0 Å². The summed E-state index contributed by atoms with van der Waals surface area (Å²) in [5.74, 6) is 0. The fourth-order valence-electron chi connectivity index (χ4n) is 15.1. The Labute approximate surface area is 599 Å². The van der Waals surface area contributed by atoms with Gasteiger partial charge in [0.05, 0.1) is 11.9 Å². The smallest absolute Gasteiger partial charge is 0.246 e. The van der Waals surface area contributed by atoms with E-state index in [0.29, 0.717) is 11.3 Å². The van der Waals surface area contributed by atoms with Crippen LogP contribution in [0, 0.1) is 0 Å². The molecule has 6 nitrogen and oxygen atoms in total. The van der Waals surface area contributed by atoms with Gasteiger partial charge in [-0.25, -0.2) is 19.9 Å². The van der Waals surface area contributed by atoms with Crippen LogP contribution in [0.5, 0.6) is 0 Å². The zero-order chi connectivity index (χ0) is 66.9. The quantitative estimate of drug-likeness (QED) is 0.151. The van der Waals surface area contributed by atoms with Crippen LogP contribution in [0.4, 0.5) is 0 Å². The monoisotopic (exact) mass is 1370 g/mol. The zero-order valence-electron chi connectivity index (χ0n) is 54.3. The lowest BCUT2D eigenvalue weighted by Gasteiger charge is -2.08. The number of rotatable bonds is 8. The highest BCUT2D eigenvalue weighted by Gasteiger charge is 2.21. The molecule has 0 saturated heterocycles. The number of hydrogen-bond donors (Lipinski definition) is 0. The molecule has 0 spiro atoms. The summed E-state index contributed by atoms with van der Waals surface area (Å²) in [7, 11) is 0. The molecule has 102 heavy (non-hydrogen) atoms. The first-order chi connectivity index (χ1) is 50.5. The molecule has 22 rings (SSSR count). The Bertz CT molecular complexity index is 7190. The molecule has 14 aromatic carbocycles. The van der Waals surface area contributed by atoms with E-state index < -0.39 is 0 Å². The number of aromatic nitrogens is 4. The van der Waals surface area contributed by atoms with Gasteiger partial charge in [-0.3, -0.25) is 0 Å².